The van der Waals surface area contributed by atoms with Crippen LogP contribution in [0.2, 0.25) is 0 Å². The van der Waals surface area contributed by atoms with Gasteiger partial charge in [-0.2, -0.15) is 8.42 Å². The molecule has 1 unspecified atom stereocenters. The standard InChI is InChI=1S/C10H12F2O2S/c1-8(7-15(12,13)14)6-9-4-2-3-5-10(9)11/h2-5,8H,6-7H2,1H3. The van der Waals surface area contributed by atoms with E-state index in [9.17, 15) is 16.7 Å². The fourth-order valence-electron chi connectivity index (χ4n) is 1.44. The third-order valence-corrected chi connectivity index (χ3v) is 2.98. The first-order chi connectivity index (χ1) is 6.88. The van der Waals surface area contributed by atoms with Crippen molar-refractivity contribution >= 4 is 10.2 Å². The topological polar surface area (TPSA) is 34.1 Å². The zero-order valence-corrected chi connectivity index (χ0v) is 9.10. The second-order valence-electron chi connectivity index (χ2n) is 3.61. The first-order valence-electron chi connectivity index (χ1n) is 4.54. The summed E-state index contributed by atoms with van der Waals surface area (Å²) < 4.78 is 46.2. The predicted octanol–water partition coefficient (Wildman–Crippen LogP) is 2.30. The second kappa shape index (κ2) is 4.70. The van der Waals surface area contributed by atoms with E-state index in [2.05, 4.69) is 0 Å². The highest BCUT2D eigenvalue weighted by molar-refractivity contribution is 7.86. The summed E-state index contributed by atoms with van der Waals surface area (Å²) >= 11 is 0. The Morgan fingerprint density at radius 2 is 1.93 bits per heavy atom. The Kier molecular flexibility index (Phi) is 3.79. The first-order valence-corrected chi connectivity index (χ1v) is 6.09. The van der Waals surface area contributed by atoms with Crippen molar-refractivity contribution in [1.29, 1.82) is 0 Å². The van der Waals surface area contributed by atoms with E-state index >= 15 is 0 Å². The molecule has 5 heteroatoms. The highest BCUT2D eigenvalue weighted by atomic mass is 32.3. The Morgan fingerprint density at radius 1 is 1.33 bits per heavy atom. The van der Waals surface area contributed by atoms with Crippen LogP contribution >= 0.6 is 0 Å². The normalized spacial score (nSPS) is 13.8. The molecule has 1 aromatic rings. The maximum Gasteiger partial charge on any atom is 0.302 e. The van der Waals surface area contributed by atoms with Crippen molar-refractivity contribution < 1.29 is 16.7 Å². The van der Waals surface area contributed by atoms with Crippen LogP contribution in [0.1, 0.15) is 12.5 Å². The molecule has 0 aliphatic heterocycles. The number of hydrogen-bond donors (Lipinski definition) is 0. The summed E-state index contributed by atoms with van der Waals surface area (Å²) in [7, 11) is -4.48. The lowest BCUT2D eigenvalue weighted by molar-refractivity contribution is 0.523. The maximum absolute atomic E-state index is 13.1. The van der Waals surface area contributed by atoms with E-state index in [1.807, 2.05) is 0 Å². The zero-order valence-electron chi connectivity index (χ0n) is 8.28. The summed E-state index contributed by atoms with van der Waals surface area (Å²) in [6.07, 6.45) is 0.218. The minimum absolute atomic E-state index is 0.218. The molecular weight excluding hydrogens is 222 g/mol. The van der Waals surface area contributed by atoms with Gasteiger partial charge in [-0.1, -0.05) is 25.1 Å². The van der Waals surface area contributed by atoms with Crippen molar-refractivity contribution in [3.05, 3.63) is 35.6 Å². The molecule has 1 atom stereocenters. The number of rotatable bonds is 4. The van der Waals surface area contributed by atoms with Crippen LogP contribution in [0.15, 0.2) is 24.3 Å². The van der Waals surface area contributed by atoms with Crippen molar-refractivity contribution in [2.75, 3.05) is 5.75 Å². The molecule has 0 spiro atoms. The Labute approximate surface area is 88.1 Å². The van der Waals surface area contributed by atoms with Gasteiger partial charge in [-0.05, 0) is 24.0 Å². The molecule has 1 rings (SSSR count). The van der Waals surface area contributed by atoms with Gasteiger partial charge in [0.25, 0.3) is 0 Å². The van der Waals surface area contributed by atoms with Crippen molar-refractivity contribution in [2.45, 2.75) is 13.3 Å². The van der Waals surface area contributed by atoms with Gasteiger partial charge in [-0.15, -0.1) is 3.89 Å². The summed E-state index contributed by atoms with van der Waals surface area (Å²) in [5.74, 6) is -1.39. The molecule has 0 amide bonds. The maximum atomic E-state index is 13.1. The van der Waals surface area contributed by atoms with E-state index in [0.29, 0.717) is 5.56 Å². The van der Waals surface area contributed by atoms with E-state index in [1.165, 1.54) is 6.07 Å². The minimum atomic E-state index is -4.48. The number of benzene rings is 1. The van der Waals surface area contributed by atoms with Crippen molar-refractivity contribution in [1.82, 2.24) is 0 Å². The highest BCUT2D eigenvalue weighted by Gasteiger charge is 2.15. The van der Waals surface area contributed by atoms with E-state index in [1.54, 1.807) is 25.1 Å². The Morgan fingerprint density at radius 3 is 2.47 bits per heavy atom. The van der Waals surface area contributed by atoms with E-state index in [4.69, 9.17) is 0 Å². The fourth-order valence-corrected chi connectivity index (χ4v) is 2.24. The van der Waals surface area contributed by atoms with Crippen LogP contribution < -0.4 is 0 Å². The largest absolute Gasteiger partial charge is 0.302 e. The van der Waals surface area contributed by atoms with E-state index < -0.39 is 21.9 Å². The van der Waals surface area contributed by atoms with Gasteiger partial charge < -0.3 is 0 Å². The van der Waals surface area contributed by atoms with E-state index in [-0.39, 0.29) is 12.2 Å². The van der Waals surface area contributed by atoms with Crippen molar-refractivity contribution in [3.8, 4) is 0 Å². The molecule has 0 bridgehead atoms. The minimum Gasteiger partial charge on any atom is -0.207 e. The first kappa shape index (κ1) is 12.1. The molecule has 1 aromatic carbocycles. The number of hydrogen-bond acceptors (Lipinski definition) is 2. The summed E-state index contributed by atoms with van der Waals surface area (Å²) in [6, 6.07) is 6.08. The van der Waals surface area contributed by atoms with Gasteiger partial charge in [0.15, 0.2) is 0 Å². The van der Waals surface area contributed by atoms with Crippen LogP contribution in [-0.2, 0) is 16.6 Å². The van der Waals surface area contributed by atoms with Crippen LogP contribution in [0.25, 0.3) is 0 Å². The Bertz CT molecular complexity index is 429. The van der Waals surface area contributed by atoms with Crippen molar-refractivity contribution in [2.24, 2.45) is 5.92 Å². The predicted molar refractivity (Wildman–Crippen MR) is 54.2 cm³/mol. The van der Waals surface area contributed by atoms with Gasteiger partial charge in [-0.25, -0.2) is 4.39 Å². The van der Waals surface area contributed by atoms with Gasteiger partial charge in [-0.3, -0.25) is 0 Å². The third kappa shape index (κ3) is 4.38. The summed E-state index contributed by atoms with van der Waals surface area (Å²) in [4.78, 5) is 0. The highest BCUT2D eigenvalue weighted by Crippen LogP contribution is 2.14. The molecule has 0 N–H and O–H groups in total. The van der Waals surface area contributed by atoms with Gasteiger partial charge in [0.2, 0.25) is 0 Å². The molecule has 2 nitrogen and oxygen atoms in total. The van der Waals surface area contributed by atoms with Gasteiger partial charge in [0.05, 0.1) is 5.75 Å². The second-order valence-corrected chi connectivity index (χ2v) is 5.02. The molecule has 0 saturated carbocycles. The van der Waals surface area contributed by atoms with Crippen LogP contribution in [0.5, 0.6) is 0 Å². The Balaban J connectivity index is 2.67. The molecule has 0 radical (unpaired) electrons. The average molecular weight is 234 g/mol. The lowest BCUT2D eigenvalue weighted by atomic mass is 10.0. The molecule has 15 heavy (non-hydrogen) atoms. The Hall–Kier alpha value is -0.970. The van der Waals surface area contributed by atoms with Gasteiger partial charge in [0, 0.05) is 0 Å². The third-order valence-electron chi connectivity index (χ3n) is 2.01. The van der Waals surface area contributed by atoms with Gasteiger partial charge in [0.1, 0.15) is 5.82 Å². The summed E-state index contributed by atoms with van der Waals surface area (Å²) in [6.45, 7) is 1.57. The zero-order chi connectivity index (χ0) is 11.5. The molecule has 0 aromatic heterocycles. The number of halogens is 2. The van der Waals surface area contributed by atoms with Crippen LogP contribution in [0, 0.1) is 11.7 Å². The molecule has 0 aliphatic carbocycles. The average Bonchev–Trinajstić information content (AvgIpc) is 2.05. The summed E-state index contributed by atoms with van der Waals surface area (Å²) in [5, 5.41) is 0. The smallest absolute Gasteiger partial charge is 0.207 e. The lowest BCUT2D eigenvalue weighted by Gasteiger charge is -2.09. The van der Waals surface area contributed by atoms with E-state index in [0.717, 1.165) is 0 Å². The van der Waals surface area contributed by atoms with Crippen LogP contribution in [0.4, 0.5) is 8.28 Å². The molecule has 84 valence electrons. The molecule has 0 fully saturated rings. The molecule has 0 aliphatic rings. The van der Waals surface area contributed by atoms with Crippen molar-refractivity contribution in [3.63, 3.8) is 0 Å². The molecule has 0 heterocycles. The van der Waals surface area contributed by atoms with Gasteiger partial charge >= 0.3 is 10.2 Å². The molecule has 0 saturated heterocycles. The molecular formula is C10H12F2O2S. The monoisotopic (exact) mass is 234 g/mol. The van der Waals surface area contributed by atoms with Crippen LogP contribution in [0.3, 0.4) is 0 Å². The van der Waals surface area contributed by atoms with Crippen LogP contribution in [-0.4, -0.2) is 14.2 Å². The fraction of sp³-hybridized carbons (Fsp3) is 0.400. The lowest BCUT2D eigenvalue weighted by Crippen LogP contribution is -2.12. The summed E-state index contributed by atoms with van der Waals surface area (Å²) in [5.41, 5.74) is 0.411. The SMILES string of the molecule is CC(Cc1ccccc1F)CS(=O)(=O)F. The quantitative estimate of drug-likeness (QED) is 0.749.